The van der Waals surface area contributed by atoms with Crippen LogP contribution in [0.4, 0.5) is 0 Å². The van der Waals surface area contributed by atoms with Gasteiger partial charge in [0.25, 0.3) is 11.8 Å². The van der Waals surface area contributed by atoms with Crippen molar-refractivity contribution in [2.45, 2.75) is 26.9 Å². The molecule has 0 fully saturated rings. The zero-order valence-electron chi connectivity index (χ0n) is 14.8. The molecule has 2 aromatic carbocycles. The molecule has 1 atom stereocenters. The van der Waals surface area contributed by atoms with Crippen molar-refractivity contribution in [1.82, 2.24) is 10.9 Å². The summed E-state index contributed by atoms with van der Waals surface area (Å²) >= 11 is 0. The van der Waals surface area contributed by atoms with E-state index < -0.39 is 17.9 Å². The van der Waals surface area contributed by atoms with Crippen molar-refractivity contribution in [1.29, 1.82) is 0 Å². The van der Waals surface area contributed by atoms with Gasteiger partial charge in [0.05, 0.1) is 7.11 Å². The maximum atomic E-state index is 12.1. The number of methoxy groups -OCH3 is 1. The number of ether oxygens (including phenoxy) is 2. The summed E-state index contributed by atoms with van der Waals surface area (Å²) in [6.07, 6.45) is -0.753. The third-order valence-electron chi connectivity index (χ3n) is 3.67. The molecule has 0 bridgehead atoms. The molecule has 0 aliphatic rings. The number of benzene rings is 2. The van der Waals surface area contributed by atoms with E-state index in [1.165, 1.54) is 0 Å². The van der Waals surface area contributed by atoms with Crippen molar-refractivity contribution in [2.24, 2.45) is 0 Å². The van der Waals surface area contributed by atoms with Gasteiger partial charge < -0.3 is 9.47 Å². The molecule has 2 aromatic rings. The second-order valence-corrected chi connectivity index (χ2v) is 5.70. The number of hydrogen-bond acceptors (Lipinski definition) is 4. The fourth-order valence-electron chi connectivity index (χ4n) is 2.11. The quantitative estimate of drug-likeness (QED) is 0.819. The molecule has 0 saturated heterocycles. The lowest BCUT2D eigenvalue weighted by atomic mass is 10.1. The van der Waals surface area contributed by atoms with Crippen LogP contribution in [0, 0.1) is 13.8 Å². The van der Waals surface area contributed by atoms with Crippen LogP contribution in [0.1, 0.15) is 28.4 Å². The molecule has 0 aliphatic heterocycles. The molecule has 2 amide bonds. The number of hydrogen-bond donors (Lipinski definition) is 2. The average Bonchev–Trinajstić information content (AvgIpc) is 2.62. The van der Waals surface area contributed by atoms with E-state index in [1.807, 2.05) is 32.0 Å². The van der Waals surface area contributed by atoms with Gasteiger partial charge in [-0.05, 0) is 62.2 Å². The molecule has 25 heavy (non-hydrogen) atoms. The highest BCUT2D eigenvalue weighted by molar-refractivity contribution is 5.95. The summed E-state index contributed by atoms with van der Waals surface area (Å²) in [5.74, 6) is 0.429. The highest BCUT2D eigenvalue weighted by Gasteiger charge is 2.17. The minimum atomic E-state index is -0.753. The molecule has 6 heteroatoms. The Morgan fingerprint density at radius 3 is 2.32 bits per heavy atom. The average molecular weight is 342 g/mol. The van der Waals surface area contributed by atoms with E-state index in [9.17, 15) is 9.59 Å². The Bertz CT molecular complexity index is 757. The van der Waals surface area contributed by atoms with Crippen molar-refractivity contribution in [2.75, 3.05) is 7.11 Å². The fraction of sp³-hybridized carbons (Fsp3) is 0.263. The molecule has 0 heterocycles. The van der Waals surface area contributed by atoms with Gasteiger partial charge in [0, 0.05) is 5.56 Å². The Labute approximate surface area is 147 Å². The molecule has 0 aromatic heterocycles. The minimum Gasteiger partial charge on any atom is -0.497 e. The van der Waals surface area contributed by atoms with Crippen molar-refractivity contribution in [3.8, 4) is 11.5 Å². The lowest BCUT2D eigenvalue weighted by Crippen LogP contribution is -2.47. The molecule has 2 N–H and O–H groups in total. The molecule has 1 unspecified atom stereocenters. The minimum absolute atomic E-state index is 0.407. The molecule has 6 nitrogen and oxygen atoms in total. The SMILES string of the molecule is COc1ccc(C(=O)NNC(=O)C(C)Oc2cc(C)ccc2C)cc1. The number of aryl methyl sites for hydroxylation is 2. The first-order valence-corrected chi connectivity index (χ1v) is 7.89. The summed E-state index contributed by atoms with van der Waals surface area (Å²) < 4.78 is 10.7. The molecule has 0 saturated carbocycles. The molecular formula is C19H22N2O4. The van der Waals surface area contributed by atoms with Crippen LogP contribution in [0.25, 0.3) is 0 Å². The van der Waals surface area contributed by atoms with Gasteiger partial charge in [-0.2, -0.15) is 0 Å². The second-order valence-electron chi connectivity index (χ2n) is 5.70. The first-order chi connectivity index (χ1) is 11.9. The summed E-state index contributed by atoms with van der Waals surface area (Å²) in [5.41, 5.74) is 7.13. The molecule has 0 spiro atoms. The number of amides is 2. The molecule has 0 aliphatic carbocycles. The van der Waals surface area contributed by atoms with Crippen LogP contribution < -0.4 is 20.3 Å². The van der Waals surface area contributed by atoms with Gasteiger partial charge in [-0.3, -0.25) is 20.4 Å². The van der Waals surface area contributed by atoms with Gasteiger partial charge in [0.1, 0.15) is 11.5 Å². The highest BCUT2D eigenvalue weighted by atomic mass is 16.5. The molecule has 132 valence electrons. The molecule has 0 radical (unpaired) electrons. The van der Waals surface area contributed by atoms with E-state index in [1.54, 1.807) is 38.3 Å². The van der Waals surface area contributed by atoms with Gasteiger partial charge in [-0.1, -0.05) is 12.1 Å². The zero-order valence-corrected chi connectivity index (χ0v) is 14.8. The van der Waals surface area contributed by atoms with Crippen LogP contribution in [-0.4, -0.2) is 25.0 Å². The third-order valence-corrected chi connectivity index (χ3v) is 3.67. The van der Waals surface area contributed by atoms with Crippen LogP contribution in [0.5, 0.6) is 11.5 Å². The highest BCUT2D eigenvalue weighted by Crippen LogP contribution is 2.20. The van der Waals surface area contributed by atoms with Crippen molar-refractivity contribution >= 4 is 11.8 Å². The maximum Gasteiger partial charge on any atom is 0.279 e. The van der Waals surface area contributed by atoms with Gasteiger partial charge in [-0.25, -0.2) is 0 Å². The first kappa shape index (κ1) is 18.3. The van der Waals surface area contributed by atoms with E-state index >= 15 is 0 Å². The molecular weight excluding hydrogens is 320 g/mol. The number of carbonyl (C=O) groups is 2. The monoisotopic (exact) mass is 342 g/mol. The number of rotatable bonds is 5. The molecule has 2 rings (SSSR count). The van der Waals surface area contributed by atoms with Crippen LogP contribution >= 0.6 is 0 Å². The van der Waals surface area contributed by atoms with Crippen molar-refractivity contribution in [3.05, 3.63) is 59.2 Å². The van der Waals surface area contributed by atoms with Gasteiger partial charge in [0.15, 0.2) is 6.10 Å². The zero-order chi connectivity index (χ0) is 18.4. The van der Waals surface area contributed by atoms with E-state index in [2.05, 4.69) is 10.9 Å². The Morgan fingerprint density at radius 2 is 1.68 bits per heavy atom. The van der Waals surface area contributed by atoms with Crippen molar-refractivity contribution in [3.63, 3.8) is 0 Å². The summed E-state index contributed by atoms with van der Waals surface area (Å²) in [6.45, 7) is 5.48. The van der Waals surface area contributed by atoms with Crippen LogP contribution in [0.15, 0.2) is 42.5 Å². The van der Waals surface area contributed by atoms with Crippen molar-refractivity contribution < 1.29 is 19.1 Å². The van der Waals surface area contributed by atoms with Gasteiger partial charge in [0.2, 0.25) is 0 Å². The van der Waals surface area contributed by atoms with Gasteiger partial charge in [-0.15, -0.1) is 0 Å². The van der Waals surface area contributed by atoms with Crippen LogP contribution in [0.3, 0.4) is 0 Å². The Morgan fingerprint density at radius 1 is 1.00 bits per heavy atom. The smallest absolute Gasteiger partial charge is 0.279 e. The van der Waals surface area contributed by atoms with E-state index in [-0.39, 0.29) is 0 Å². The Balaban J connectivity index is 1.90. The number of nitrogens with one attached hydrogen (secondary N) is 2. The van der Waals surface area contributed by atoms with E-state index in [4.69, 9.17) is 9.47 Å². The lowest BCUT2D eigenvalue weighted by Gasteiger charge is -2.17. The topological polar surface area (TPSA) is 76.7 Å². The standard InChI is InChI=1S/C19H22N2O4/c1-12-5-6-13(2)17(11-12)25-14(3)18(22)20-21-19(23)15-7-9-16(24-4)10-8-15/h5-11,14H,1-4H3,(H,20,22)(H,21,23). The fourth-order valence-corrected chi connectivity index (χ4v) is 2.11. The maximum absolute atomic E-state index is 12.1. The summed E-state index contributed by atoms with van der Waals surface area (Å²) in [4.78, 5) is 24.1. The van der Waals surface area contributed by atoms with E-state index in [0.29, 0.717) is 17.1 Å². The predicted octanol–water partition coefficient (Wildman–Crippen LogP) is 2.54. The summed E-state index contributed by atoms with van der Waals surface area (Å²) in [6, 6.07) is 12.3. The van der Waals surface area contributed by atoms with Crippen LogP contribution in [-0.2, 0) is 4.79 Å². The largest absolute Gasteiger partial charge is 0.497 e. The lowest BCUT2D eigenvalue weighted by molar-refractivity contribution is -0.128. The van der Waals surface area contributed by atoms with Gasteiger partial charge >= 0.3 is 0 Å². The van der Waals surface area contributed by atoms with Crippen LogP contribution in [0.2, 0.25) is 0 Å². The summed E-state index contributed by atoms with van der Waals surface area (Å²) in [7, 11) is 1.55. The Kier molecular flexibility index (Phi) is 6.00. The normalized spacial score (nSPS) is 11.4. The number of carbonyl (C=O) groups excluding carboxylic acids is 2. The Hall–Kier alpha value is -3.02. The predicted molar refractivity (Wildman–Crippen MR) is 94.6 cm³/mol. The summed E-state index contributed by atoms with van der Waals surface area (Å²) in [5, 5.41) is 0. The third kappa shape index (κ3) is 4.97. The van der Waals surface area contributed by atoms with E-state index in [0.717, 1.165) is 11.1 Å². The second kappa shape index (κ2) is 8.19. The number of hydrazine groups is 1. The first-order valence-electron chi connectivity index (χ1n) is 7.89.